The van der Waals surface area contributed by atoms with Gasteiger partial charge in [0.25, 0.3) is 5.91 Å². The number of thiazole rings is 1. The van der Waals surface area contributed by atoms with E-state index in [2.05, 4.69) is 10.3 Å². The predicted molar refractivity (Wildman–Crippen MR) is 117 cm³/mol. The minimum absolute atomic E-state index is 0.147. The molecule has 0 bridgehead atoms. The van der Waals surface area contributed by atoms with Gasteiger partial charge < -0.3 is 14.6 Å². The molecule has 4 aromatic rings. The number of furan rings is 1. The molecule has 1 aliphatic rings. The smallest absolute Gasteiger partial charge is 0.287 e. The second kappa shape index (κ2) is 7.76. The Morgan fingerprint density at radius 1 is 1.13 bits per heavy atom. The molecule has 2 aromatic heterocycles. The summed E-state index contributed by atoms with van der Waals surface area (Å²) in [4.78, 5) is 30.9. The number of para-hydroxylation sites is 1. The van der Waals surface area contributed by atoms with Crippen molar-refractivity contribution in [2.45, 2.75) is 19.4 Å². The fourth-order valence-corrected chi connectivity index (χ4v) is 4.50. The quantitative estimate of drug-likeness (QED) is 0.514. The van der Waals surface area contributed by atoms with Crippen molar-refractivity contribution < 1.29 is 14.0 Å². The first kappa shape index (κ1) is 18.6. The number of amides is 2. The number of carbonyl (C=O) groups is 2. The van der Waals surface area contributed by atoms with E-state index in [9.17, 15) is 9.59 Å². The lowest BCUT2D eigenvalue weighted by Crippen LogP contribution is -2.25. The van der Waals surface area contributed by atoms with Crippen LogP contribution in [0.1, 0.15) is 29.0 Å². The van der Waals surface area contributed by atoms with Gasteiger partial charge in [-0.25, -0.2) is 4.98 Å². The molecule has 6 nitrogen and oxygen atoms in total. The lowest BCUT2D eigenvalue weighted by atomic mass is 10.2. The number of benzene rings is 2. The Morgan fingerprint density at radius 2 is 2.03 bits per heavy atom. The Balaban J connectivity index is 1.27. The van der Waals surface area contributed by atoms with Gasteiger partial charge in [-0.1, -0.05) is 24.3 Å². The van der Waals surface area contributed by atoms with E-state index in [-0.39, 0.29) is 17.6 Å². The monoisotopic (exact) mass is 417 g/mol. The van der Waals surface area contributed by atoms with Gasteiger partial charge in [0.05, 0.1) is 10.2 Å². The number of hydrogen-bond donors (Lipinski definition) is 1. The Kier molecular flexibility index (Phi) is 4.80. The highest BCUT2D eigenvalue weighted by molar-refractivity contribution is 7.21. The molecule has 1 aliphatic heterocycles. The molecule has 0 spiro atoms. The van der Waals surface area contributed by atoms with Crippen molar-refractivity contribution in [2.24, 2.45) is 0 Å². The molecule has 0 saturated carbocycles. The van der Waals surface area contributed by atoms with E-state index in [0.29, 0.717) is 18.7 Å². The average molecular weight is 417 g/mol. The second-order valence-electron chi connectivity index (χ2n) is 7.15. The summed E-state index contributed by atoms with van der Waals surface area (Å²) in [6, 6.07) is 19.0. The van der Waals surface area contributed by atoms with E-state index >= 15 is 0 Å². The zero-order valence-corrected chi connectivity index (χ0v) is 16.9. The third kappa shape index (κ3) is 3.59. The van der Waals surface area contributed by atoms with Crippen LogP contribution in [-0.2, 0) is 11.3 Å². The molecule has 150 valence electrons. The maximum Gasteiger partial charge on any atom is 0.287 e. The number of hydrogen-bond acceptors (Lipinski definition) is 5. The van der Waals surface area contributed by atoms with Crippen LogP contribution in [-0.4, -0.2) is 23.3 Å². The third-order valence-electron chi connectivity index (χ3n) is 5.08. The number of aromatic nitrogens is 1. The summed E-state index contributed by atoms with van der Waals surface area (Å²) in [5.41, 5.74) is 2.72. The molecule has 3 heterocycles. The molecule has 1 fully saturated rings. The first-order chi connectivity index (χ1) is 14.7. The van der Waals surface area contributed by atoms with Crippen molar-refractivity contribution in [3.05, 3.63) is 72.0 Å². The second-order valence-corrected chi connectivity index (χ2v) is 8.18. The minimum atomic E-state index is -0.287. The summed E-state index contributed by atoms with van der Waals surface area (Å²) in [5, 5.41) is 3.63. The lowest BCUT2D eigenvalue weighted by Gasteiger charge is -2.16. The Labute approximate surface area is 177 Å². The molecule has 7 heteroatoms. The molecule has 5 rings (SSSR count). The van der Waals surface area contributed by atoms with Gasteiger partial charge in [-0.3, -0.25) is 9.59 Å². The minimum Gasteiger partial charge on any atom is -0.448 e. The standard InChI is InChI=1S/C23H19N3O3S/c27-21-9-4-12-26(21)16-6-3-5-15(13-16)14-24-22(28)18-10-11-19(29-18)23-25-17-7-1-2-8-20(17)30-23/h1-3,5-8,10-11,13H,4,9,12,14H2,(H,24,28). The Bertz CT molecular complexity index is 1210. The van der Waals surface area contributed by atoms with Crippen LogP contribution in [0.3, 0.4) is 0 Å². The number of nitrogens with one attached hydrogen (secondary N) is 1. The van der Waals surface area contributed by atoms with Crippen LogP contribution >= 0.6 is 11.3 Å². The van der Waals surface area contributed by atoms with Crippen molar-refractivity contribution in [3.63, 3.8) is 0 Å². The summed E-state index contributed by atoms with van der Waals surface area (Å²) in [7, 11) is 0. The SMILES string of the molecule is O=C(NCc1cccc(N2CCCC2=O)c1)c1ccc(-c2nc3ccccc3s2)o1. The van der Waals surface area contributed by atoms with Gasteiger partial charge in [-0.05, 0) is 48.4 Å². The molecule has 0 aliphatic carbocycles. The zero-order chi connectivity index (χ0) is 20.5. The maximum atomic E-state index is 12.5. The van der Waals surface area contributed by atoms with E-state index in [1.807, 2.05) is 48.5 Å². The fourth-order valence-electron chi connectivity index (χ4n) is 3.58. The third-order valence-corrected chi connectivity index (χ3v) is 6.13. The first-order valence-corrected chi connectivity index (χ1v) is 10.6. The number of fused-ring (bicyclic) bond motifs is 1. The van der Waals surface area contributed by atoms with E-state index in [0.717, 1.165) is 39.4 Å². The highest BCUT2D eigenvalue weighted by Crippen LogP contribution is 2.31. The lowest BCUT2D eigenvalue weighted by molar-refractivity contribution is -0.117. The predicted octanol–water partition coefficient (Wildman–Crippen LogP) is 4.61. The molecule has 0 atom stereocenters. The first-order valence-electron chi connectivity index (χ1n) is 9.81. The molecule has 1 saturated heterocycles. The van der Waals surface area contributed by atoms with Crippen molar-refractivity contribution in [3.8, 4) is 10.8 Å². The molecule has 1 N–H and O–H groups in total. The number of carbonyl (C=O) groups excluding carboxylic acids is 2. The number of anilines is 1. The molecular formula is C23H19N3O3S. The van der Waals surface area contributed by atoms with Gasteiger partial charge in [-0.15, -0.1) is 11.3 Å². The summed E-state index contributed by atoms with van der Waals surface area (Å²) < 4.78 is 6.83. The number of nitrogens with zero attached hydrogens (tertiary/aromatic N) is 2. The summed E-state index contributed by atoms with van der Waals surface area (Å²) in [5.74, 6) is 0.685. The highest BCUT2D eigenvalue weighted by Gasteiger charge is 2.21. The van der Waals surface area contributed by atoms with Gasteiger partial charge in [0.1, 0.15) is 0 Å². The van der Waals surface area contributed by atoms with Gasteiger partial charge in [0.15, 0.2) is 16.5 Å². The van der Waals surface area contributed by atoms with Crippen LogP contribution < -0.4 is 10.2 Å². The topological polar surface area (TPSA) is 75.4 Å². The fraction of sp³-hybridized carbons (Fsp3) is 0.174. The summed E-state index contributed by atoms with van der Waals surface area (Å²) in [6.45, 7) is 1.10. The van der Waals surface area contributed by atoms with Crippen LogP contribution in [0.25, 0.3) is 21.0 Å². The Hall–Kier alpha value is -3.45. The van der Waals surface area contributed by atoms with Gasteiger partial charge in [0, 0.05) is 25.2 Å². The van der Waals surface area contributed by atoms with Crippen LogP contribution in [0.15, 0.2) is 65.1 Å². The molecule has 2 aromatic carbocycles. The normalized spacial score (nSPS) is 13.9. The van der Waals surface area contributed by atoms with Gasteiger partial charge in [0.2, 0.25) is 5.91 Å². The van der Waals surface area contributed by atoms with Crippen LogP contribution in [0.5, 0.6) is 0 Å². The summed E-state index contributed by atoms with van der Waals surface area (Å²) >= 11 is 1.53. The summed E-state index contributed by atoms with van der Waals surface area (Å²) in [6.07, 6.45) is 1.48. The van der Waals surface area contributed by atoms with E-state index in [4.69, 9.17) is 4.42 Å². The van der Waals surface area contributed by atoms with E-state index in [1.165, 1.54) is 11.3 Å². The molecule has 2 amide bonds. The Morgan fingerprint density at radius 3 is 2.87 bits per heavy atom. The largest absolute Gasteiger partial charge is 0.448 e. The van der Waals surface area contributed by atoms with Crippen molar-refractivity contribution >= 4 is 39.1 Å². The maximum absolute atomic E-state index is 12.5. The van der Waals surface area contributed by atoms with E-state index < -0.39 is 0 Å². The van der Waals surface area contributed by atoms with E-state index in [1.54, 1.807) is 17.0 Å². The van der Waals surface area contributed by atoms with Crippen molar-refractivity contribution in [1.82, 2.24) is 10.3 Å². The highest BCUT2D eigenvalue weighted by atomic mass is 32.1. The molecule has 30 heavy (non-hydrogen) atoms. The molecule has 0 radical (unpaired) electrons. The molecular weight excluding hydrogens is 398 g/mol. The van der Waals surface area contributed by atoms with Crippen LogP contribution in [0.2, 0.25) is 0 Å². The zero-order valence-electron chi connectivity index (χ0n) is 16.1. The van der Waals surface area contributed by atoms with Gasteiger partial charge in [-0.2, -0.15) is 0 Å². The number of rotatable bonds is 5. The van der Waals surface area contributed by atoms with Crippen molar-refractivity contribution in [2.75, 3.05) is 11.4 Å². The van der Waals surface area contributed by atoms with Crippen molar-refractivity contribution in [1.29, 1.82) is 0 Å². The van der Waals surface area contributed by atoms with Crippen LogP contribution in [0.4, 0.5) is 5.69 Å². The van der Waals surface area contributed by atoms with Crippen LogP contribution in [0, 0.1) is 0 Å². The molecule has 0 unspecified atom stereocenters. The van der Waals surface area contributed by atoms with Gasteiger partial charge >= 0.3 is 0 Å². The average Bonchev–Trinajstić information content (AvgIpc) is 3.50.